The molecule has 0 N–H and O–H groups in total. The molecule has 0 fully saturated rings. The van der Waals surface area contributed by atoms with E-state index in [1.807, 2.05) is 0 Å². The Hall–Kier alpha value is -1.23. The van der Waals surface area contributed by atoms with Crippen molar-refractivity contribution in [2.45, 2.75) is 6.92 Å². The van der Waals surface area contributed by atoms with E-state index in [2.05, 4.69) is 30.6 Å². The number of hydrogen-bond acceptors (Lipinski definition) is 3. The summed E-state index contributed by atoms with van der Waals surface area (Å²) >= 11 is 3.24. The number of hydrogen-bond donors (Lipinski definition) is 0. The molecule has 0 saturated carbocycles. The summed E-state index contributed by atoms with van der Waals surface area (Å²) in [5, 5.41) is 3.58. The Morgan fingerprint density at radius 1 is 1.43 bits per heavy atom. The maximum absolute atomic E-state index is 13.7. The van der Waals surface area contributed by atoms with Crippen LogP contribution < -0.4 is 0 Å². The molecule has 0 aliphatic rings. The van der Waals surface area contributed by atoms with E-state index in [0.717, 1.165) is 4.47 Å². The highest BCUT2D eigenvalue weighted by atomic mass is 79.9. The maximum atomic E-state index is 13.7. The standard InChI is InChI=1S/C9H6BrFN2O/c1-5-7(10)3-2-6(8(5)11)9-12-4-14-13-9/h2-4H,1H3. The molecule has 1 aromatic carbocycles. The van der Waals surface area contributed by atoms with Gasteiger partial charge in [-0.25, -0.2) is 4.39 Å². The molecule has 72 valence electrons. The van der Waals surface area contributed by atoms with Gasteiger partial charge < -0.3 is 4.52 Å². The summed E-state index contributed by atoms with van der Waals surface area (Å²) in [7, 11) is 0. The van der Waals surface area contributed by atoms with Crippen molar-refractivity contribution in [3.05, 3.63) is 34.4 Å². The first-order valence-corrected chi connectivity index (χ1v) is 4.71. The largest absolute Gasteiger partial charge is 0.342 e. The van der Waals surface area contributed by atoms with Crippen molar-refractivity contribution in [2.24, 2.45) is 0 Å². The van der Waals surface area contributed by atoms with Gasteiger partial charge in [0.25, 0.3) is 0 Å². The van der Waals surface area contributed by atoms with Crippen LogP contribution in [0.4, 0.5) is 4.39 Å². The van der Waals surface area contributed by atoms with Crippen LogP contribution in [0, 0.1) is 12.7 Å². The summed E-state index contributed by atoms with van der Waals surface area (Å²) in [6, 6.07) is 3.36. The van der Waals surface area contributed by atoms with Gasteiger partial charge in [-0.3, -0.25) is 0 Å². The van der Waals surface area contributed by atoms with E-state index in [0.29, 0.717) is 11.1 Å². The molecule has 1 heterocycles. The molecule has 0 amide bonds. The fourth-order valence-electron chi connectivity index (χ4n) is 1.12. The van der Waals surface area contributed by atoms with Crippen LogP contribution in [0.2, 0.25) is 0 Å². The summed E-state index contributed by atoms with van der Waals surface area (Å²) < 4.78 is 19.0. The van der Waals surface area contributed by atoms with Crippen molar-refractivity contribution in [1.82, 2.24) is 10.1 Å². The fourth-order valence-corrected chi connectivity index (χ4v) is 1.43. The Morgan fingerprint density at radius 3 is 2.86 bits per heavy atom. The van der Waals surface area contributed by atoms with E-state index in [-0.39, 0.29) is 11.6 Å². The van der Waals surface area contributed by atoms with Gasteiger partial charge in [0.1, 0.15) is 5.82 Å². The first kappa shape index (κ1) is 9.33. The smallest absolute Gasteiger partial charge is 0.214 e. The Kier molecular flexibility index (Phi) is 2.33. The zero-order valence-electron chi connectivity index (χ0n) is 7.29. The van der Waals surface area contributed by atoms with Gasteiger partial charge in [-0.05, 0) is 24.6 Å². The molecule has 2 rings (SSSR count). The number of benzene rings is 1. The summed E-state index contributed by atoms with van der Waals surface area (Å²) in [6.07, 6.45) is 1.17. The summed E-state index contributed by atoms with van der Waals surface area (Å²) in [5.74, 6) is -0.0705. The quantitative estimate of drug-likeness (QED) is 0.788. The Labute approximate surface area is 88.1 Å². The first-order valence-electron chi connectivity index (χ1n) is 3.91. The highest BCUT2D eigenvalue weighted by molar-refractivity contribution is 9.10. The molecule has 0 atom stereocenters. The lowest BCUT2D eigenvalue weighted by Crippen LogP contribution is -1.91. The Morgan fingerprint density at radius 2 is 2.21 bits per heavy atom. The maximum Gasteiger partial charge on any atom is 0.214 e. The molecule has 1 aromatic heterocycles. The van der Waals surface area contributed by atoms with Gasteiger partial charge in [0.05, 0.1) is 5.56 Å². The van der Waals surface area contributed by atoms with Crippen molar-refractivity contribution in [3.8, 4) is 11.4 Å². The summed E-state index contributed by atoms with van der Waals surface area (Å²) in [5.41, 5.74) is 0.881. The number of halogens is 2. The molecule has 0 aliphatic carbocycles. The van der Waals surface area contributed by atoms with Crippen molar-refractivity contribution in [1.29, 1.82) is 0 Å². The second-order valence-electron chi connectivity index (χ2n) is 2.79. The van der Waals surface area contributed by atoms with E-state index < -0.39 is 0 Å². The summed E-state index contributed by atoms with van der Waals surface area (Å²) in [6.45, 7) is 1.68. The predicted molar refractivity (Wildman–Crippen MR) is 52.1 cm³/mol. The van der Waals surface area contributed by atoms with Crippen molar-refractivity contribution in [2.75, 3.05) is 0 Å². The first-order chi connectivity index (χ1) is 6.70. The van der Waals surface area contributed by atoms with Crippen LogP contribution in [0.1, 0.15) is 5.56 Å². The lowest BCUT2D eigenvalue weighted by Gasteiger charge is -2.03. The van der Waals surface area contributed by atoms with Gasteiger partial charge in [-0.2, -0.15) is 4.98 Å². The van der Waals surface area contributed by atoms with E-state index in [9.17, 15) is 4.39 Å². The highest BCUT2D eigenvalue weighted by Gasteiger charge is 2.13. The second-order valence-corrected chi connectivity index (χ2v) is 3.64. The molecule has 0 bridgehead atoms. The van der Waals surface area contributed by atoms with Gasteiger partial charge >= 0.3 is 0 Å². The number of rotatable bonds is 1. The predicted octanol–water partition coefficient (Wildman–Crippen LogP) is 2.95. The van der Waals surface area contributed by atoms with Crippen molar-refractivity contribution < 1.29 is 8.91 Å². The Balaban J connectivity index is 2.61. The Bertz CT molecular complexity index is 456. The van der Waals surface area contributed by atoms with Gasteiger partial charge in [0, 0.05) is 4.47 Å². The van der Waals surface area contributed by atoms with Crippen LogP contribution in [0.5, 0.6) is 0 Å². The summed E-state index contributed by atoms with van der Waals surface area (Å²) in [4.78, 5) is 3.79. The van der Waals surface area contributed by atoms with E-state index in [1.54, 1.807) is 19.1 Å². The average molecular weight is 257 g/mol. The van der Waals surface area contributed by atoms with Crippen LogP contribution in [-0.2, 0) is 0 Å². The molecule has 0 spiro atoms. The van der Waals surface area contributed by atoms with Crippen LogP contribution in [-0.4, -0.2) is 10.1 Å². The van der Waals surface area contributed by atoms with Gasteiger partial charge in [-0.1, -0.05) is 21.1 Å². The third-order valence-corrected chi connectivity index (χ3v) is 2.78. The van der Waals surface area contributed by atoms with E-state index in [4.69, 9.17) is 0 Å². The van der Waals surface area contributed by atoms with Crippen LogP contribution >= 0.6 is 15.9 Å². The van der Waals surface area contributed by atoms with Gasteiger partial charge in [-0.15, -0.1) is 0 Å². The second kappa shape index (κ2) is 3.49. The zero-order valence-corrected chi connectivity index (χ0v) is 8.88. The fraction of sp³-hybridized carbons (Fsp3) is 0.111. The molecule has 0 aliphatic heterocycles. The third-order valence-electron chi connectivity index (χ3n) is 1.92. The molecule has 0 radical (unpaired) electrons. The van der Waals surface area contributed by atoms with Crippen molar-refractivity contribution in [3.63, 3.8) is 0 Å². The topological polar surface area (TPSA) is 38.9 Å². The zero-order chi connectivity index (χ0) is 10.1. The molecule has 0 unspecified atom stereocenters. The molecule has 0 saturated heterocycles. The minimum atomic E-state index is -0.333. The van der Waals surface area contributed by atoms with Crippen LogP contribution in [0.15, 0.2) is 27.5 Å². The van der Waals surface area contributed by atoms with E-state index in [1.165, 1.54) is 6.39 Å². The molecule has 5 heteroatoms. The third kappa shape index (κ3) is 1.43. The van der Waals surface area contributed by atoms with Gasteiger partial charge in [0.15, 0.2) is 0 Å². The molecule has 2 aromatic rings. The minimum absolute atomic E-state index is 0.262. The normalized spacial score (nSPS) is 10.5. The number of aromatic nitrogens is 2. The average Bonchev–Trinajstić information content (AvgIpc) is 2.67. The lowest BCUT2D eigenvalue weighted by molar-refractivity contribution is 0.418. The lowest BCUT2D eigenvalue weighted by atomic mass is 10.1. The molecular weight excluding hydrogens is 251 g/mol. The minimum Gasteiger partial charge on any atom is -0.342 e. The van der Waals surface area contributed by atoms with Crippen LogP contribution in [0.25, 0.3) is 11.4 Å². The van der Waals surface area contributed by atoms with Crippen LogP contribution in [0.3, 0.4) is 0 Å². The number of nitrogens with zero attached hydrogens (tertiary/aromatic N) is 2. The van der Waals surface area contributed by atoms with Gasteiger partial charge in [0.2, 0.25) is 12.2 Å². The molecular formula is C9H6BrFN2O. The molecule has 14 heavy (non-hydrogen) atoms. The van der Waals surface area contributed by atoms with Crippen molar-refractivity contribution >= 4 is 15.9 Å². The SMILES string of the molecule is Cc1c(Br)ccc(-c2ncon2)c1F. The monoisotopic (exact) mass is 256 g/mol. The molecule has 3 nitrogen and oxygen atoms in total. The highest BCUT2D eigenvalue weighted by Crippen LogP contribution is 2.26. The van der Waals surface area contributed by atoms with E-state index >= 15 is 0 Å².